The van der Waals surface area contributed by atoms with E-state index in [1.54, 1.807) is 48.5 Å². The predicted molar refractivity (Wildman–Crippen MR) is 113 cm³/mol. The Balaban J connectivity index is 1.64. The van der Waals surface area contributed by atoms with Crippen molar-refractivity contribution >= 4 is 17.9 Å². The Bertz CT molecular complexity index is 880. The number of benzene rings is 2. The Morgan fingerprint density at radius 2 is 1.73 bits per heavy atom. The number of carbonyl (C=O) groups is 2. The molecule has 6 nitrogen and oxygen atoms in total. The van der Waals surface area contributed by atoms with E-state index in [1.807, 2.05) is 0 Å². The van der Waals surface area contributed by atoms with Crippen LogP contribution in [0, 0.1) is 5.82 Å². The molecule has 0 bridgehead atoms. The van der Waals surface area contributed by atoms with Crippen LogP contribution in [0.25, 0.3) is 6.08 Å². The smallest absolute Gasteiger partial charge is 0.267 e. The number of nitrogens with one attached hydrogen (secondary N) is 2. The second kappa shape index (κ2) is 11.2. The van der Waals surface area contributed by atoms with Crippen molar-refractivity contribution in [2.45, 2.75) is 6.42 Å². The molecule has 3 rings (SSSR count). The number of halogens is 1. The zero-order valence-corrected chi connectivity index (χ0v) is 16.8. The van der Waals surface area contributed by atoms with Crippen molar-refractivity contribution in [1.82, 2.24) is 15.5 Å². The van der Waals surface area contributed by atoms with E-state index in [0.717, 1.165) is 39.3 Å². The number of amides is 2. The summed E-state index contributed by atoms with van der Waals surface area (Å²) in [5, 5.41) is 5.43. The summed E-state index contributed by atoms with van der Waals surface area (Å²) in [5.41, 5.74) is 0.640. The molecule has 30 heavy (non-hydrogen) atoms. The molecular weight excluding hydrogens is 385 g/mol. The van der Waals surface area contributed by atoms with Crippen molar-refractivity contribution in [3.8, 4) is 0 Å². The van der Waals surface area contributed by atoms with Crippen LogP contribution >= 0.6 is 0 Å². The van der Waals surface area contributed by atoms with Crippen molar-refractivity contribution in [3.63, 3.8) is 0 Å². The van der Waals surface area contributed by atoms with Gasteiger partial charge in [-0.1, -0.05) is 36.4 Å². The van der Waals surface area contributed by atoms with Crippen molar-refractivity contribution in [3.05, 3.63) is 77.2 Å². The molecule has 1 fully saturated rings. The second-order valence-corrected chi connectivity index (χ2v) is 6.96. The lowest BCUT2D eigenvalue weighted by molar-refractivity contribution is -0.117. The zero-order chi connectivity index (χ0) is 21.2. The lowest BCUT2D eigenvalue weighted by Crippen LogP contribution is -2.39. The first kappa shape index (κ1) is 21.7. The molecule has 0 atom stereocenters. The fourth-order valence-electron chi connectivity index (χ4n) is 3.11. The normalized spacial score (nSPS) is 14.9. The van der Waals surface area contributed by atoms with Crippen LogP contribution in [0.4, 0.5) is 4.39 Å². The third kappa shape index (κ3) is 6.50. The van der Waals surface area contributed by atoms with Crippen LogP contribution in [-0.4, -0.2) is 56.1 Å². The molecule has 0 aliphatic carbocycles. The van der Waals surface area contributed by atoms with Gasteiger partial charge in [0.05, 0.1) is 13.2 Å². The zero-order valence-electron chi connectivity index (χ0n) is 16.8. The highest BCUT2D eigenvalue weighted by molar-refractivity contribution is 6.05. The van der Waals surface area contributed by atoms with E-state index in [0.29, 0.717) is 12.1 Å². The van der Waals surface area contributed by atoms with Gasteiger partial charge >= 0.3 is 0 Å². The van der Waals surface area contributed by atoms with Gasteiger partial charge in [-0.3, -0.25) is 14.5 Å². The van der Waals surface area contributed by atoms with E-state index in [-0.39, 0.29) is 11.3 Å². The highest BCUT2D eigenvalue weighted by Crippen LogP contribution is 2.11. The third-order valence-electron chi connectivity index (χ3n) is 4.77. The predicted octanol–water partition coefficient (Wildman–Crippen LogP) is 2.44. The van der Waals surface area contributed by atoms with E-state index < -0.39 is 17.6 Å². The number of hydrogen-bond donors (Lipinski definition) is 2. The minimum absolute atomic E-state index is 0.000301. The maximum absolute atomic E-state index is 14.1. The molecule has 1 saturated heterocycles. The molecule has 0 radical (unpaired) electrons. The lowest BCUT2D eigenvalue weighted by Gasteiger charge is -2.26. The minimum Gasteiger partial charge on any atom is -0.379 e. The lowest BCUT2D eigenvalue weighted by atomic mass is 10.1. The van der Waals surface area contributed by atoms with Gasteiger partial charge in [-0.25, -0.2) is 4.39 Å². The van der Waals surface area contributed by atoms with E-state index in [4.69, 9.17) is 4.74 Å². The molecular formula is C23H26FN3O3. The molecule has 2 aromatic carbocycles. The Hall–Kier alpha value is -3.03. The molecule has 2 aromatic rings. The van der Waals surface area contributed by atoms with Crippen LogP contribution in [0.2, 0.25) is 0 Å². The Kier molecular flexibility index (Phi) is 8.11. The molecule has 0 unspecified atom stereocenters. The van der Waals surface area contributed by atoms with E-state index in [2.05, 4.69) is 15.5 Å². The molecule has 1 aliphatic rings. The van der Waals surface area contributed by atoms with Crippen LogP contribution in [0.3, 0.4) is 0 Å². The number of hydrogen-bond acceptors (Lipinski definition) is 4. The topological polar surface area (TPSA) is 70.7 Å². The van der Waals surface area contributed by atoms with E-state index in [9.17, 15) is 14.0 Å². The Labute approximate surface area is 175 Å². The van der Waals surface area contributed by atoms with Crippen LogP contribution in [0.1, 0.15) is 22.3 Å². The number of ether oxygens (including phenoxy) is 1. The molecule has 1 heterocycles. The standard InChI is InChI=1S/C23H26FN3O3/c24-20-10-5-4-9-19(20)17-21(26-22(28)18-7-2-1-3-8-18)23(29)25-11-6-12-27-13-15-30-16-14-27/h1-5,7-10,17H,6,11-16H2,(H,25,29)(H,26,28). The largest absolute Gasteiger partial charge is 0.379 e. The number of carbonyl (C=O) groups excluding carboxylic acids is 2. The average Bonchev–Trinajstić information content (AvgIpc) is 2.78. The van der Waals surface area contributed by atoms with E-state index >= 15 is 0 Å². The average molecular weight is 411 g/mol. The summed E-state index contributed by atoms with van der Waals surface area (Å²) in [6.07, 6.45) is 2.12. The summed E-state index contributed by atoms with van der Waals surface area (Å²) in [7, 11) is 0. The van der Waals surface area contributed by atoms with Crippen molar-refractivity contribution in [1.29, 1.82) is 0 Å². The van der Waals surface area contributed by atoms with Gasteiger partial charge in [0.1, 0.15) is 11.5 Å². The monoisotopic (exact) mass is 411 g/mol. The Morgan fingerprint density at radius 1 is 1.03 bits per heavy atom. The van der Waals surface area contributed by atoms with Crippen LogP contribution in [0.15, 0.2) is 60.3 Å². The summed E-state index contributed by atoms with van der Waals surface area (Å²) in [5.74, 6) is -1.35. The molecule has 158 valence electrons. The third-order valence-corrected chi connectivity index (χ3v) is 4.77. The first-order valence-corrected chi connectivity index (χ1v) is 10.0. The van der Waals surface area contributed by atoms with Gasteiger partial charge < -0.3 is 15.4 Å². The van der Waals surface area contributed by atoms with Crippen molar-refractivity contribution in [2.75, 3.05) is 39.4 Å². The van der Waals surface area contributed by atoms with Gasteiger partial charge in [0.25, 0.3) is 11.8 Å². The van der Waals surface area contributed by atoms with Crippen LogP contribution < -0.4 is 10.6 Å². The summed E-state index contributed by atoms with van der Waals surface area (Å²) >= 11 is 0. The van der Waals surface area contributed by atoms with Gasteiger partial charge in [0, 0.05) is 30.8 Å². The highest BCUT2D eigenvalue weighted by Gasteiger charge is 2.16. The molecule has 1 aliphatic heterocycles. The summed E-state index contributed by atoms with van der Waals surface area (Å²) in [6.45, 7) is 4.54. The Morgan fingerprint density at radius 3 is 2.47 bits per heavy atom. The van der Waals surface area contributed by atoms with Gasteiger partial charge in [0.2, 0.25) is 0 Å². The fraction of sp³-hybridized carbons (Fsp3) is 0.304. The number of morpholine rings is 1. The number of nitrogens with zero attached hydrogens (tertiary/aromatic N) is 1. The molecule has 2 amide bonds. The van der Waals surface area contributed by atoms with Crippen LogP contribution in [0.5, 0.6) is 0 Å². The first-order valence-electron chi connectivity index (χ1n) is 10.0. The first-order chi connectivity index (χ1) is 14.6. The van der Waals surface area contributed by atoms with Crippen molar-refractivity contribution in [2.24, 2.45) is 0 Å². The van der Waals surface area contributed by atoms with Gasteiger partial charge in [-0.2, -0.15) is 0 Å². The summed E-state index contributed by atoms with van der Waals surface area (Å²) < 4.78 is 19.4. The number of rotatable bonds is 8. The fourth-order valence-corrected chi connectivity index (χ4v) is 3.11. The second-order valence-electron chi connectivity index (χ2n) is 6.96. The SMILES string of the molecule is O=C(NCCCN1CCOCC1)C(=Cc1ccccc1F)NC(=O)c1ccccc1. The van der Waals surface area contributed by atoms with Crippen molar-refractivity contribution < 1.29 is 18.7 Å². The highest BCUT2D eigenvalue weighted by atomic mass is 19.1. The summed E-state index contributed by atoms with van der Waals surface area (Å²) in [6, 6.07) is 14.7. The van der Waals surface area contributed by atoms with Gasteiger partial charge in [0.15, 0.2) is 0 Å². The molecule has 0 saturated carbocycles. The molecule has 0 aromatic heterocycles. The molecule has 2 N–H and O–H groups in total. The minimum atomic E-state index is -0.468. The van der Waals surface area contributed by atoms with Gasteiger partial charge in [-0.15, -0.1) is 0 Å². The van der Waals surface area contributed by atoms with Gasteiger partial charge in [-0.05, 0) is 37.2 Å². The molecule has 0 spiro atoms. The van der Waals surface area contributed by atoms with E-state index in [1.165, 1.54) is 12.1 Å². The quantitative estimate of drug-likeness (QED) is 0.517. The maximum atomic E-state index is 14.1. The summed E-state index contributed by atoms with van der Waals surface area (Å²) in [4.78, 5) is 27.5. The van der Waals surface area contributed by atoms with Crippen LogP contribution in [-0.2, 0) is 9.53 Å². The molecule has 7 heteroatoms. The maximum Gasteiger partial charge on any atom is 0.267 e.